The Bertz CT molecular complexity index is 1040. The summed E-state index contributed by atoms with van der Waals surface area (Å²) < 4.78 is 5.03. The van der Waals surface area contributed by atoms with Crippen LogP contribution in [0, 0.1) is 6.92 Å². The SMILES string of the molecule is CCOC(=O)c1sc2nc(/C=C\c3ccccc3Cl)[nH]c(=O)c2c1C. The van der Waals surface area contributed by atoms with E-state index in [9.17, 15) is 9.59 Å². The molecule has 128 valence electrons. The lowest BCUT2D eigenvalue weighted by Gasteiger charge is -1.99. The smallest absolute Gasteiger partial charge is 0.348 e. The quantitative estimate of drug-likeness (QED) is 0.691. The number of fused-ring (bicyclic) bond motifs is 1. The Morgan fingerprint density at radius 2 is 2.12 bits per heavy atom. The van der Waals surface area contributed by atoms with Crippen LogP contribution in [0.2, 0.25) is 5.02 Å². The number of hydrogen-bond acceptors (Lipinski definition) is 5. The van der Waals surface area contributed by atoms with Gasteiger partial charge in [0.1, 0.15) is 15.5 Å². The van der Waals surface area contributed by atoms with Crippen molar-refractivity contribution in [3.63, 3.8) is 0 Å². The maximum atomic E-state index is 12.4. The van der Waals surface area contributed by atoms with Crippen LogP contribution in [-0.4, -0.2) is 22.5 Å². The van der Waals surface area contributed by atoms with E-state index in [1.165, 1.54) is 0 Å². The fourth-order valence-electron chi connectivity index (χ4n) is 2.41. The molecule has 5 nitrogen and oxygen atoms in total. The first-order valence-corrected chi connectivity index (χ1v) is 8.84. The van der Waals surface area contributed by atoms with Gasteiger partial charge >= 0.3 is 5.97 Å². The van der Waals surface area contributed by atoms with Crippen molar-refractivity contribution in [2.45, 2.75) is 13.8 Å². The van der Waals surface area contributed by atoms with Gasteiger partial charge in [-0.3, -0.25) is 4.79 Å². The first kappa shape index (κ1) is 17.4. The molecule has 0 saturated carbocycles. The lowest BCUT2D eigenvalue weighted by molar-refractivity contribution is 0.0531. The second-order valence-corrected chi connectivity index (χ2v) is 6.67. The summed E-state index contributed by atoms with van der Waals surface area (Å²) >= 11 is 7.27. The molecule has 0 spiro atoms. The third-order valence-corrected chi connectivity index (χ3v) is 5.12. The molecule has 1 N–H and O–H groups in total. The van der Waals surface area contributed by atoms with E-state index in [1.54, 1.807) is 32.1 Å². The number of aryl methyl sites for hydroxylation is 1. The molecule has 0 saturated heterocycles. The summed E-state index contributed by atoms with van der Waals surface area (Å²) in [5, 5.41) is 1.03. The largest absolute Gasteiger partial charge is 0.462 e. The van der Waals surface area contributed by atoms with Gasteiger partial charge in [-0.1, -0.05) is 29.8 Å². The topological polar surface area (TPSA) is 72.0 Å². The molecule has 0 bridgehead atoms. The average molecular weight is 375 g/mol. The van der Waals surface area contributed by atoms with Crippen molar-refractivity contribution in [1.29, 1.82) is 0 Å². The Balaban J connectivity index is 2.03. The van der Waals surface area contributed by atoms with Crippen LogP contribution in [0.1, 0.15) is 33.5 Å². The predicted molar refractivity (Wildman–Crippen MR) is 101 cm³/mol. The second kappa shape index (κ2) is 7.21. The monoisotopic (exact) mass is 374 g/mol. The zero-order chi connectivity index (χ0) is 18.0. The van der Waals surface area contributed by atoms with Gasteiger partial charge in [0.2, 0.25) is 0 Å². The highest BCUT2D eigenvalue weighted by atomic mass is 35.5. The van der Waals surface area contributed by atoms with E-state index >= 15 is 0 Å². The number of thiophene rings is 1. The lowest BCUT2D eigenvalue weighted by Crippen LogP contribution is -2.10. The van der Waals surface area contributed by atoms with Gasteiger partial charge in [0.25, 0.3) is 5.56 Å². The summed E-state index contributed by atoms with van der Waals surface area (Å²) in [6.45, 7) is 3.74. The number of ether oxygens (including phenoxy) is 1. The van der Waals surface area contributed by atoms with Crippen molar-refractivity contribution in [1.82, 2.24) is 9.97 Å². The number of carbonyl (C=O) groups excluding carboxylic acids is 1. The molecule has 0 aliphatic heterocycles. The molecule has 0 aliphatic rings. The van der Waals surface area contributed by atoms with Crippen molar-refractivity contribution in [2.24, 2.45) is 0 Å². The fourth-order valence-corrected chi connectivity index (χ4v) is 3.69. The van der Waals surface area contributed by atoms with Gasteiger partial charge < -0.3 is 9.72 Å². The van der Waals surface area contributed by atoms with Crippen LogP contribution in [0.15, 0.2) is 29.1 Å². The molecule has 0 unspecified atom stereocenters. The lowest BCUT2D eigenvalue weighted by atomic mass is 10.2. The molecule has 0 aliphatic carbocycles. The number of aromatic nitrogens is 2. The molecular formula is C18H15ClN2O3S. The normalized spacial score (nSPS) is 11.3. The summed E-state index contributed by atoms with van der Waals surface area (Å²) in [5.74, 6) is -0.0374. The van der Waals surface area contributed by atoms with Crippen molar-refractivity contribution in [3.8, 4) is 0 Å². The highest BCUT2D eigenvalue weighted by Gasteiger charge is 2.19. The van der Waals surface area contributed by atoms with Crippen LogP contribution < -0.4 is 5.56 Å². The first-order chi connectivity index (χ1) is 12.0. The van der Waals surface area contributed by atoms with Crippen LogP contribution in [0.5, 0.6) is 0 Å². The number of H-pyrrole nitrogens is 1. The van der Waals surface area contributed by atoms with E-state index in [4.69, 9.17) is 16.3 Å². The summed E-state index contributed by atoms with van der Waals surface area (Å²) in [6, 6.07) is 7.37. The zero-order valence-electron chi connectivity index (χ0n) is 13.6. The van der Waals surface area contributed by atoms with Gasteiger partial charge in [-0.25, -0.2) is 9.78 Å². The molecule has 3 rings (SSSR count). The number of carbonyl (C=O) groups is 1. The molecule has 2 aromatic heterocycles. The van der Waals surface area contributed by atoms with Crippen LogP contribution in [0.25, 0.3) is 22.4 Å². The van der Waals surface area contributed by atoms with Crippen LogP contribution >= 0.6 is 22.9 Å². The molecule has 1 aromatic carbocycles. The van der Waals surface area contributed by atoms with Gasteiger partial charge in [0.05, 0.1) is 12.0 Å². The minimum atomic E-state index is -0.435. The standard InChI is InChI=1S/C18H15ClN2O3S/c1-3-24-18(23)15-10(2)14-16(22)20-13(21-17(14)25-15)9-8-11-6-4-5-7-12(11)19/h4-9H,3H2,1-2H3,(H,20,21,22)/b9-8-. The molecule has 0 radical (unpaired) electrons. The van der Waals surface area contributed by atoms with Crippen LogP contribution in [0.3, 0.4) is 0 Å². The number of hydrogen-bond donors (Lipinski definition) is 1. The molecule has 3 aromatic rings. The second-order valence-electron chi connectivity index (χ2n) is 5.26. The summed E-state index contributed by atoms with van der Waals surface area (Å²) in [4.78, 5) is 32.5. The molecule has 7 heteroatoms. The number of halogens is 1. The van der Waals surface area contributed by atoms with Gasteiger partial charge in [-0.2, -0.15) is 0 Å². The van der Waals surface area contributed by atoms with Crippen LogP contribution in [-0.2, 0) is 4.74 Å². The van der Waals surface area contributed by atoms with E-state index < -0.39 is 5.97 Å². The average Bonchev–Trinajstić information content (AvgIpc) is 2.92. The van der Waals surface area contributed by atoms with Crippen molar-refractivity contribution in [3.05, 3.63) is 61.5 Å². The summed E-state index contributed by atoms with van der Waals surface area (Å²) in [5.41, 5.74) is 1.13. The van der Waals surface area contributed by atoms with E-state index in [-0.39, 0.29) is 12.2 Å². The number of benzene rings is 1. The molecular weight excluding hydrogens is 360 g/mol. The van der Waals surface area contributed by atoms with E-state index in [0.717, 1.165) is 16.9 Å². The van der Waals surface area contributed by atoms with E-state index in [1.807, 2.05) is 18.2 Å². The third kappa shape index (κ3) is 3.50. The summed E-state index contributed by atoms with van der Waals surface area (Å²) in [6.07, 6.45) is 3.46. The third-order valence-electron chi connectivity index (χ3n) is 3.61. The fraction of sp³-hybridized carbons (Fsp3) is 0.167. The Morgan fingerprint density at radius 1 is 1.36 bits per heavy atom. The van der Waals surface area contributed by atoms with Crippen molar-refractivity contribution in [2.75, 3.05) is 6.61 Å². The Hall–Kier alpha value is -2.44. The minimum absolute atomic E-state index is 0.280. The van der Waals surface area contributed by atoms with Crippen LogP contribution in [0.4, 0.5) is 0 Å². The van der Waals surface area contributed by atoms with Gasteiger partial charge in [-0.15, -0.1) is 11.3 Å². The van der Waals surface area contributed by atoms with Gasteiger partial charge in [-0.05, 0) is 43.2 Å². The molecule has 0 fully saturated rings. The van der Waals surface area contributed by atoms with Gasteiger partial charge in [0.15, 0.2) is 0 Å². The molecule has 0 atom stereocenters. The molecule has 2 heterocycles. The predicted octanol–water partition coefficient (Wildman–Crippen LogP) is 4.29. The highest BCUT2D eigenvalue weighted by molar-refractivity contribution is 7.20. The molecule has 25 heavy (non-hydrogen) atoms. The number of aromatic amines is 1. The van der Waals surface area contributed by atoms with Crippen molar-refractivity contribution >= 4 is 51.3 Å². The maximum absolute atomic E-state index is 12.4. The first-order valence-electron chi connectivity index (χ1n) is 7.64. The number of nitrogens with one attached hydrogen (secondary N) is 1. The minimum Gasteiger partial charge on any atom is -0.462 e. The summed E-state index contributed by atoms with van der Waals surface area (Å²) in [7, 11) is 0. The Morgan fingerprint density at radius 3 is 2.84 bits per heavy atom. The zero-order valence-corrected chi connectivity index (χ0v) is 15.2. The van der Waals surface area contributed by atoms with Gasteiger partial charge in [0, 0.05) is 5.02 Å². The van der Waals surface area contributed by atoms with E-state index in [2.05, 4.69) is 9.97 Å². The molecule has 0 amide bonds. The number of esters is 1. The number of nitrogens with zero attached hydrogens (tertiary/aromatic N) is 1. The maximum Gasteiger partial charge on any atom is 0.348 e. The van der Waals surface area contributed by atoms with Crippen molar-refractivity contribution < 1.29 is 9.53 Å². The Labute approximate surface area is 152 Å². The number of rotatable bonds is 4. The highest BCUT2D eigenvalue weighted by Crippen LogP contribution is 2.28. The van der Waals surface area contributed by atoms with E-state index in [0.29, 0.717) is 31.5 Å². The Kier molecular flexibility index (Phi) is 5.01.